The van der Waals surface area contributed by atoms with E-state index in [-0.39, 0.29) is 11.8 Å². The first-order valence-electron chi connectivity index (χ1n) is 8.63. The normalized spacial score (nSPS) is 17.1. The molecule has 11 heteroatoms. The SMILES string of the molecule is COc1ccc(N2CCN(C(=O)c3cn[nH]c3-n3cnnn3)C(C)C2=O)cc1. The maximum Gasteiger partial charge on any atom is 0.260 e. The molecular weight excluding hydrogens is 364 g/mol. The summed E-state index contributed by atoms with van der Waals surface area (Å²) in [5, 5.41) is 17.5. The smallest absolute Gasteiger partial charge is 0.260 e. The summed E-state index contributed by atoms with van der Waals surface area (Å²) >= 11 is 0. The van der Waals surface area contributed by atoms with E-state index in [0.29, 0.717) is 30.2 Å². The molecule has 1 aliphatic heterocycles. The van der Waals surface area contributed by atoms with Crippen LogP contribution in [0, 0.1) is 0 Å². The maximum atomic E-state index is 13.1. The first-order chi connectivity index (χ1) is 13.6. The Bertz CT molecular complexity index is 982. The van der Waals surface area contributed by atoms with Crippen LogP contribution < -0.4 is 9.64 Å². The highest BCUT2D eigenvalue weighted by atomic mass is 16.5. The number of nitrogens with one attached hydrogen (secondary N) is 1. The van der Waals surface area contributed by atoms with Crippen molar-refractivity contribution in [2.24, 2.45) is 0 Å². The molecule has 0 bridgehead atoms. The largest absolute Gasteiger partial charge is 0.497 e. The number of aromatic amines is 1. The average molecular weight is 382 g/mol. The van der Waals surface area contributed by atoms with Crippen LogP contribution in [0.15, 0.2) is 36.8 Å². The predicted octanol–water partition coefficient (Wildman–Crippen LogP) is 0.271. The lowest BCUT2D eigenvalue weighted by Gasteiger charge is -2.39. The molecule has 28 heavy (non-hydrogen) atoms. The summed E-state index contributed by atoms with van der Waals surface area (Å²) in [6.07, 6.45) is 2.77. The van der Waals surface area contributed by atoms with Crippen LogP contribution in [0.2, 0.25) is 0 Å². The number of carbonyl (C=O) groups is 2. The summed E-state index contributed by atoms with van der Waals surface area (Å²) in [5.74, 6) is 0.604. The predicted molar refractivity (Wildman–Crippen MR) is 97.1 cm³/mol. The highest BCUT2D eigenvalue weighted by molar-refractivity contribution is 6.04. The van der Waals surface area contributed by atoms with Gasteiger partial charge < -0.3 is 14.5 Å². The van der Waals surface area contributed by atoms with Gasteiger partial charge in [0.2, 0.25) is 5.91 Å². The van der Waals surface area contributed by atoms with Gasteiger partial charge in [-0.05, 0) is 41.6 Å². The molecule has 2 amide bonds. The second-order valence-corrected chi connectivity index (χ2v) is 6.25. The van der Waals surface area contributed by atoms with Crippen LogP contribution in [0.4, 0.5) is 5.69 Å². The van der Waals surface area contributed by atoms with Crippen molar-refractivity contribution in [3.63, 3.8) is 0 Å². The lowest BCUT2D eigenvalue weighted by molar-refractivity contribution is -0.124. The van der Waals surface area contributed by atoms with Gasteiger partial charge in [0.15, 0.2) is 5.82 Å². The molecule has 11 nitrogen and oxygen atoms in total. The third-order valence-electron chi connectivity index (χ3n) is 4.73. The Morgan fingerprint density at radius 1 is 1.25 bits per heavy atom. The number of carbonyl (C=O) groups excluding carboxylic acids is 2. The van der Waals surface area contributed by atoms with Crippen molar-refractivity contribution < 1.29 is 14.3 Å². The van der Waals surface area contributed by atoms with Crippen LogP contribution in [-0.4, -0.2) is 73.4 Å². The number of ether oxygens (including phenoxy) is 1. The minimum atomic E-state index is -0.625. The number of H-pyrrole nitrogens is 1. The molecule has 1 aliphatic rings. The number of hydrogen-bond donors (Lipinski definition) is 1. The van der Waals surface area contributed by atoms with E-state index >= 15 is 0 Å². The molecule has 1 N–H and O–H groups in total. The molecule has 1 saturated heterocycles. The van der Waals surface area contributed by atoms with E-state index in [9.17, 15) is 9.59 Å². The van der Waals surface area contributed by atoms with Crippen molar-refractivity contribution in [2.45, 2.75) is 13.0 Å². The number of methoxy groups -OCH3 is 1. The zero-order valence-corrected chi connectivity index (χ0v) is 15.3. The number of nitrogens with zero attached hydrogens (tertiary/aromatic N) is 7. The van der Waals surface area contributed by atoms with Crippen LogP contribution in [0.5, 0.6) is 5.75 Å². The highest BCUT2D eigenvalue weighted by Crippen LogP contribution is 2.24. The molecule has 1 aromatic carbocycles. The average Bonchev–Trinajstić information content (AvgIpc) is 3.41. The van der Waals surface area contributed by atoms with Crippen LogP contribution in [0.25, 0.3) is 5.82 Å². The molecule has 3 heterocycles. The number of tetrazole rings is 1. The minimum Gasteiger partial charge on any atom is -0.497 e. The van der Waals surface area contributed by atoms with Crippen LogP contribution in [0.1, 0.15) is 17.3 Å². The maximum absolute atomic E-state index is 13.1. The molecule has 1 fully saturated rings. The van der Waals surface area contributed by atoms with Crippen molar-refractivity contribution >= 4 is 17.5 Å². The molecule has 1 atom stereocenters. The highest BCUT2D eigenvalue weighted by Gasteiger charge is 2.36. The molecule has 0 spiro atoms. The number of rotatable bonds is 4. The van der Waals surface area contributed by atoms with E-state index in [2.05, 4.69) is 25.7 Å². The van der Waals surface area contributed by atoms with Gasteiger partial charge >= 0.3 is 0 Å². The Balaban J connectivity index is 1.54. The van der Waals surface area contributed by atoms with Gasteiger partial charge in [0.1, 0.15) is 23.7 Å². The summed E-state index contributed by atoms with van der Waals surface area (Å²) in [6, 6.07) is 6.63. The van der Waals surface area contributed by atoms with E-state index in [1.807, 2.05) is 12.1 Å². The summed E-state index contributed by atoms with van der Waals surface area (Å²) in [7, 11) is 1.59. The topological polar surface area (TPSA) is 122 Å². The summed E-state index contributed by atoms with van der Waals surface area (Å²) < 4.78 is 6.47. The first kappa shape index (κ1) is 17.6. The third-order valence-corrected chi connectivity index (χ3v) is 4.73. The van der Waals surface area contributed by atoms with Crippen molar-refractivity contribution in [1.82, 2.24) is 35.3 Å². The zero-order chi connectivity index (χ0) is 19.7. The Morgan fingerprint density at radius 2 is 2.04 bits per heavy atom. The van der Waals surface area contributed by atoms with Crippen LogP contribution in [-0.2, 0) is 4.79 Å². The minimum absolute atomic E-state index is 0.155. The van der Waals surface area contributed by atoms with Crippen molar-refractivity contribution in [3.05, 3.63) is 42.4 Å². The van der Waals surface area contributed by atoms with Gasteiger partial charge in [0.05, 0.1) is 13.3 Å². The van der Waals surface area contributed by atoms with Gasteiger partial charge in [-0.15, -0.1) is 5.10 Å². The van der Waals surface area contributed by atoms with Gasteiger partial charge in [0, 0.05) is 18.8 Å². The monoisotopic (exact) mass is 382 g/mol. The van der Waals surface area contributed by atoms with Gasteiger partial charge in [-0.2, -0.15) is 9.78 Å². The fourth-order valence-corrected chi connectivity index (χ4v) is 3.20. The zero-order valence-electron chi connectivity index (χ0n) is 15.3. The number of amides is 2. The molecule has 0 radical (unpaired) electrons. The van der Waals surface area contributed by atoms with Gasteiger partial charge in [0.25, 0.3) is 5.91 Å². The molecule has 1 unspecified atom stereocenters. The van der Waals surface area contributed by atoms with E-state index in [0.717, 1.165) is 5.69 Å². The van der Waals surface area contributed by atoms with E-state index in [4.69, 9.17) is 4.74 Å². The molecule has 0 saturated carbocycles. The summed E-state index contributed by atoms with van der Waals surface area (Å²) in [4.78, 5) is 29.2. The Hall–Kier alpha value is -3.76. The number of hydrogen-bond acceptors (Lipinski definition) is 7. The lowest BCUT2D eigenvalue weighted by atomic mass is 10.1. The number of aromatic nitrogens is 6. The Kier molecular flexibility index (Phi) is 4.47. The van der Waals surface area contributed by atoms with Crippen molar-refractivity contribution in [3.8, 4) is 11.6 Å². The fraction of sp³-hybridized carbons (Fsp3) is 0.294. The molecule has 144 valence electrons. The molecule has 2 aromatic heterocycles. The molecular formula is C17H18N8O3. The quantitative estimate of drug-likeness (QED) is 0.687. The van der Waals surface area contributed by atoms with Gasteiger partial charge in [-0.3, -0.25) is 14.7 Å². The van der Waals surface area contributed by atoms with E-state index < -0.39 is 6.04 Å². The molecule has 0 aliphatic carbocycles. The van der Waals surface area contributed by atoms with Gasteiger partial charge in [-0.25, -0.2) is 0 Å². The van der Waals surface area contributed by atoms with Gasteiger partial charge in [-0.1, -0.05) is 0 Å². The first-order valence-corrected chi connectivity index (χ1v) is 8.63. The third kappa shape index (κ3) is 2.96. The molecule has 4 rings (SSSR count). The second-order valence-electron chi connectivity index (χ2n) is 6.25. The Labute approximate surface area is 159 Å². The lowest BCUT2D eigenvalue weighted by Crippen LogP contribution is -2.57. The Morgan fingerprint density at radius 3 is 2.71 bits per heavy atom. The number of piperazine rings is 1. The van der Waals surface area contributed by atoms with Crippen LogP contribution >= 0.6 is 0 Å². The summed E-state index contributed by atoms with van der Waals surface area (Å²) in [5.41, 5.74) is 1.06. The van der Waals surface area contributed by atoms with E-state index in [1.165, 1.54) is 22.1 Å². The summed E-state index contributed by atoms with van der Waals surface area (Å²) in [6.45, 7) is 2.49. The van der Waals surface area contributed by atoms with Crippen molar-refractivity contribution in [1.29, 1.82) is 0 Å². The fourth-order valence-electron chi connectivity index (χ4n) is 3.20. The standard InChI is InChI=1S/C17H18N8O3/c1-11-16(26)24(12-3-5-13(28-2)6-4-12)8-7-23(11)17(27)14-9-18-20-15(14)25-10-19-21-22-25/h3-6,9-11H,7-8H2,1-2H3,(H,18,20). The van der Waals surface area contributed by atoms with Crippen molar-refractivity contribution in [2.75, 3.05) is 25.1 Å². The van der Waals surface area contributed by atoms with Crippen LogP contribution in [0.3, 0.4) is 0 Å². The molecule has 3 aromatic rings. The van der Waals surface area contributed by atoms with E-state index in [1.54, 1.807) is 31.1 Å². The second kappa shape index (κ2) is 7.10. The number of anilines is 1. The number of benzene rings is 1.